The molecule has 122 valence electrons. The molecule has 0 aliphatic carbocycles. The predicted molar refractivity (Wildman–Crippen MR) is 97.3 cm³/mol. The molecule has 0 fully saturated rings. The maximum Gasteiger partial charge on any atom is 0.253 e. The van der Waals surface area contributed by atoms with E-state index in [1.54, 1.807) is 23.7 Å². The second kappa shape index (κ2) is 7.23. The first kappa shape index (κ1) is 16.1. The molecule has 0 aliphatic heterocycles. The summed E-state index contributed by atoms with van der Waals surface area (Å²) in [5.74, 6) is -0.153. The van der Waals surface area contributed by atoms with Crippen molar-refractivity contribution in [2.24, 2.45) is 0 Å². The van der Waals surface area contributed by atoms with Gasteiger partial charge in [0.05, 0.1) is 17.8 Å². The monoisotopic (exact) mass is 338 g/mol. The molecule has 0 atom stereocenters. The van der Waals surface area contributed by atoms with Crippen molar-refractivity contribution in [1.29, 1.82) is 0 Å². The number of nitrogens with zero attached hydrogens (tertiary/aromatic N) is 3. The molecule has 0 radical (unpaired) electrons. The number of pyridine rings is 1. The van der Waals surface area contributed by atoms with Crippen LogP contribution in [-0.4, -0.2) is 30.0 Å². The van der Waals surface area contributed by atoms with E-state index in [-0.39, 0.29) is 5.91 Å². The highest BCUT2D eigenvalue weighted by Gasteiger charge is 2.09. The van der Waals surface area contributed by atoms with Gasteiger partial charge in [-0.1, -0.05) is 30.3 Å². The molecule has 6 heteroatoms. The number of aromatic nitrogens is 2. The summed E-state index contributed by atoms with van der Waals surface area (Å²) in [5, 5.41) is 5.77. The Morgan fingerprint density at radius 1 is 1.17 bits per heavy atom. The SMILES string of the molecule is CN(C)c1nc(CNC(=O)c2cncc(-c3ccccc3)c2)cs1. The Labute approximate surface area is 145 Å². The van der Waals surface area contributed by atoms with Gasteiger partial charge in [0.1, 0.15) is 0 Å². The molecule has 1 N–H and O–H groups in total. The second-order valence-electron chi connectivity index (χ2n) is 5.53. The highest BCUT2D eigenvalue weighted by Crippen LogP contribution is 2.19. The van der Waals surface area contributed by atoms with Gasteiger partial charge in [0.2, 0.25) is 0 Å². The van der Waals surface area contributed by atoms with Crippen LogP contribution < -0.4 is 10.2 Å². The van der Waals surface area contributed by atoms with Gasteiger partial charge in [-0.15, -0.1) is 11.3 Å². The van der Waals surface area contributed by atoms with Crippen LogP contribution in [0.4, 0.5) is 5.13 Å². The lowest BCUT2D eigenvalue weighted by atomic mass is 10.1. The van der Waals surface area contributed by atoms with Crippen molar-refractivity contribution in [2.75, 3.05) is 19.0 Å². The molecule has 0 aliphatic rings. The zero-order valence-corrected chi connectivity index (χ0v) is 14.4. The Morgan fingerprint density at radius 2 is 1.96 bits per heavy atom. The molecule has 2 heterocycles. The minimum atomic E-state index is -0.153. The Kier molecular flexibility index (Phi) is 4.86. The first-order valence-corrected chi connectivity index (χ1v) is 8.42. The van der Waals surface area contributed by atoms with Crippen LogP contribution in [0.25, 0.3) is 11.1 Å². The van der Waals surface area contributed by atoms with Crippen LogP contribution in [0.5, 0.6) is 0 Å². The lowest BCUT2D eigenvalue weighted by Gasteiger charge is -2.07. The molecule has 2 aromatic heterocycles. The quantitative estimate of drug-likeness (QED) is 0.776. The fourth-order valence-electron chi connectivity index (χ4n) is 2.21. The Bertz CT molecular complexity index is 830. The number of hydrogen-bond donors (Lipinski definition) is 1. The van der Waals surface area contributed by atoms with Crippen molar-refractivity contribution in [3.8, 4) is 11.1 Å². The average molecular weight is 338 g/mol. The second-order valence-corrected chi connectivity index (χ2v) is 6.36. The molecule has 3 aromatic rings. The van der Waals surface area contributed by atoms with Crippen LogP contribution in [0, 0.1) is 0 Å². The zero-order valence-electron chi connectivity index (χ0n) is 13.6. The fourth-order valence-corrected chi connectivity index (χ4v) is 2.97. The number of anilines is 1. The third-order valence-electron chi connectivity index (χ3n) is 3.46. The van der Waals surface area contributed by atoms with E-state index < -0.39 is 0 Å². The molecule has 1 amide bonds. The molecular weight excluding hydrogens is 320 g/mol. The summed E-state index contributed by atoms with van der Waals surface area (Å²) in [6, 6.07) is 11.7. The van der Waals surface area contributed by atoms with E-state index in [1.807, 2.05) is 60.8 Å². The number of carbonyl (C=O) groups is 1. The van der Waals surface area contributed by atoms with E-state index in [4.69, 9.17) is 0 Å². The van der Waals surface area contributed by atoms with E-state index in [0.29, 0.717) is 12.1 Å². The van der Waals surface area contributed by atoms with Gasteiger partial charge in [0, 0.05) is 37.4 Å². The summed E-state index contributed by atoms with van der Waals surface area (Å²) in [6.07, 6.45) is 3.34. The molecule has 0 bridgehead atoms. The summed E-state index contributed by atoms with van der Waals surface area (Å²) >= 11 is 1.56. The Hall–Kier alpha value is -2.73. The van der Waals surface area contributed by atoms with Crippen molar-refractivity contribution < 1.29 is 4.79 Å². The summed E-state index contributed by atoms with van der Waals surface area (Å²) < 4.78 is 0. The summed E-state index contributed by atoms with van der Waals surface area (Å²) in [7, 11) is 3.89. The number of thiazole rings is 1. The smallest absolute Gasteiger partial charge is 0.253 e. The summed E-state index contributed by atoms with van der Waals surface area (Å²) in [6.45, 7) is 0.402. The molecule has 0 unspecified atom stereocenters. The number of benzene rings is 1. The summed E-state index contributed by atoms with van der Waals surface area (Å²) in [5.41, 5.74) is 3.35. The maximum atomic E-state index is 12.4. The van der Waals surface area contributed by atoms with Crippen LogP contribution in [0.15, 0.2) is 54.2 Å². The average Bonchev–Trinajstić information content (AvgIpc) is 3.10. The van der Waals surface area contributed by atoms with E-state index in [0.717, 1.165) is 22.0 Å². The minimum absolute atomic E-state index is 0.153. The van der Waals surface area contributed by atoms with Gasteiger partial charge < -0.3 is 10.2 Å². The Balaban J connectivity index is 1.69. The highest BCUT2D eigenvalue weighted by molar-refractivity contribution is 7.13. The maximum absolute atomic E-state index is 12.4. The minimum Gasteiger partial charge on any atom is -0.354 e. The van der Waals surface area contributed by atoms with Gasteiger partial charge in [-0.25, -0.2) is 4.98 Å². The molecule has 0 saturated carbocycles. The van der Waals surface area contributed by atoms with E-state index in [2.05, 4.69) is 15.3 Å². The van der Waals surface area contributed by atoms with Gasteiger partial charge in [0.15, 0.2) is 5.13 Å². The van der Waals surface area contributed by atoms with Gasteiger partial charge in [-0.2, -0.15) is 0 Å². The summed E-state index contributed by atoms with van der Waals surface area (Å²) in [4.78, 5) is 22.9. The highest BCUT2D eigenvalue weighted by atomic mass is 32.1. The molecule has 0 spiro atoms. The van der Waals surface area contributed by atoms with Crippen molar-refractivity contribution >= 4 is 22.4 Å². The third-order valence-corrected chi connectivity index (χ3v) is 4.52. The molecule has 5 nitrogen and oxygen atoms in total. The molecular formula is C18H18N4OS. The lowest BCUT2D eigenvalue weighted by molar-refractivity contribution is 0.0950. The number of carbonyl (C=O) groups excluding carboxylic acids is 1. The number of hydrogen-bond acceptors (Lipinski definition) is 5. The van der Waals surface area contributed by atoms with Crippen molar-refractivity contribution in [3.63, 3.8) is 0 Å². The van der Waals surface area contributed by atoms with Gasteiger partial charge in [-0.05, 0) is 11.6 Å². The predicted octanol–water partition coefficient (Wildman–Crippen LogP) is 3.20. The van der Waals surface area contributed by atoms with Gasteiger partial charge in [-0.3, -0.25) is 9.78 Å². The molecule has 1 aromatic carbocycles. The first-order valence-electron chi connectivity index (χ1n) is 7.54. The van der Waals surface area contributed by atoms with E-state index in [9.17, 15) is 4.79 Å². The van der Waals surface area contributed by atoms with Crippen molar-refractivity contribution in [1.82, 2.24) is 15.3 Å². The first-order chi connectivity index (χ1) is 11.6. The Morgan fingerprint density at radius 3 is 2.67 bits per heavy atom. The van der Waals surface area contributed by atoms with Gasteiger partial charge >= 0.3 is 0 Å². The fraction of sp³-hybridized carbons (Fsp3) is 0.167. The number of rotatable bonds is 5. The number of amides is 1. The molecule has 0 saturated heterocycles. The molecule has 3 rings (SSSR count). The van der Waals surface area contributed by atoms with Crippen LogP contribution in [0.2, 0.25) is 0 Å². The van der Waals surface area contributed by atoms with E-state index in [1.165, 1.54) is 0 Å². The van der Waals surface area contributed by atoms with E-state index >= 15 is 0 Å². The van der Waals surface area contributed by atoms with Crippen molar-refractivity contribution in [2.45, 2.75) is 6.54 Å². The topological polar surface area (TPSA) is 58.1 Å². The van der Waals surface area contributed by atoms with Crippen LogP contribution in [0.3, 0.4) is 0 Å². The van der Waals surface area contributed by atoms with Crippen LogP contribution >= 0.6 is 11.3 Å². The van der Waals surface area contributed by atoms with Gasteiger partial charge in [0.25, 0.3) is 5.91 Å². The zero-order chi connectivity index (χ0) is 16.9. The number of nitrogens with one attached hydrogen (secondary N) is 1. The molecule has 24 heavy (non-hydrogen) atoms. The van der Waals surface area contributed by atoms with Crippen LogP contribution in [-0.2, 0) is 6.54 Å². The standard InChI is InChI=1S/C18H18N4OS/c1-22(2)18-21-16(12-24-18)11-20-17(23)15-8-14(9-19-10-15)13-6-4-3-5-7-13/h3-10,12H,11H2,1-2H3,(H,20,23). The van der Waals surface area contributed by atoms with Crippen LogP contribution in [0.1, 0.15) is 16.1 Å². The third kappa shape index (κ3) is 3.78. The van der Waals surface area contributed by atoms with Crippen molar-refractivity contribution in [3.05, 3.63) is 65.4 Å². The normalized spacial score (nSPS) is 10.4. The largest absolute Gasteiger partial charge is 0.354 e. The lowest BCUT2D eigenvalue weighted by Crippen LogP contribution is -2.23.